The summed E-state index contributed by atoms with van der Waals surface area (Å²) in [6, 6.07) is 56.4. The second-order valence-corrected chi connectivity index (χ2v) is 14.4. The minimum atomic E-state index is -0.0800. The molecule has 0 saturated carbocycles. The maximum Gasteiger partial charge on any atom is 0.0468 e. The predicted octanol–water partition coefficient (Wildman–Crippen LogP) is 13.3. The van der Waals surface area contributed by atoms with Crippen molar-refractivity contribution < 1.29 is 0 Å². The summed E-state index contributed by atoms with van der Waals surface area (Å²) in [7, 11) is 0. The molecule has 1 aliphatic rings. The highest BCUT2D eigenvalue weighted by molar-refractivity contribution is 7.26. The maximum absolute atomic E-state index is 2.45. The highest BCUT2D eigenvalue weighted by Crippen LogP contribution is 2.51. The number of anilines is 3. The molecular formula is C45H31NS. The second-order valence-electron chi connectivity index (χ2n) is 13.4. The molecule has 1 heterocycles. The van der Waals surface area contributed by atoms with Gasteiger partial charge in [0.1, 0.15) is 0 Å². The number of rotatable bonds is 3. The zero-order chi connectivity index (χ0) is 31.3. The SMILES string of the molecule is CC1(C)c2ccccc2-c2ccc(N(c3ccc4ccccc4c3)c3ccc4ccc5ccc6c7ccccc7sc6c5c4c3)cc21. The van der Waals surface area contributed by atoms with Crippen LogP contribution in [0, 0.1) is 0 Å². The molecule has 1 nitrogen and oxygen atoms in total. The molecule has 0 aliphatic heterocycles. The average molecular weight is 618 g/mol. The van der Waals surface area contributed by atoms with Gasteiger partial charge >= 0.3 is 0 Å². The van der Waals surface area contributed by atoms with Gasteiger partial charge < -0.3 is 4.90 Å². The third-order valence-electron chi connectivity index (χ3n) is 10.4. The summed E-state index contributed by atoms with van der Waals surface area (Å²) in [5.74, 6) is 0. The quantitative estimate of drug-likeness (QED) is 0.178. The van der Waals surface area contributed by atoms with E-state index in [1.54, 1.807) is 0 Å². The monoisotopic (exact) mass is 617 g/mol. The van der Waals surface area contributed by atoms with Crippen molar-refractivity contribution in [1.29, 1.82) is 0 Å². The Balaban J connectivity index is 1.24. The van der Waals surface area contributed by atoms with Crippen molar-refractivity contribution >= 4 is 80.9 Å². The van der Waals surface area contributed by atoms with E-state index in [-0.39, 0.29) is 5.41 Å². The minimum Gasteiger partial charge on any atom is -0.310 e. The van der Waals surface area contributed by atoms with Gasteiger partial charge in [0.05, 0.1) is 0 Å². The molecule has 8 aromatic carbocycles. The average Bonchev–Trinajstić information content (AvgIpc) is 3.60. The van der Waals surface area contributed by atoms with Gasteiger partial charge in [0, 0.05) is 48.0 Å². The Bertz CT molecular complexity index is 2730. The predicted molar refractivity (Wildman–Crippen MR) is 204 cm³/mol. The van der Waals surface area contributed by atoms with Crippen molar-refractivity contribution in [1.82, 2.24) is 0 Å². The van der Waals surface area contributed by atoms with Gasteiger partial charge in [-0.05, 0) is 91.6 Å². The first-order chi connectivity index (χ1) is 23.0. The van der Waals surface area contributed by atoms with Crippen LogP contribution < -0.4 is 4.90 Å². The second kappa shape index (κ2) is 9.78. The van der Waals surface area contributed by atoms with Crippen LogP contribution in [0.5, 0.6) is 0 Å². The first-order valence-electron chi connectivity index (χ1n) is 16.3. The molecule has 10 rings (SSSR count). The highest BCUT2D eigenvalue weighted by atomic mass is 32.1. The fourth-order valence-electron chi connectivity index (χ4n) is 8.04. The van der Waals surface area contributed by atoms with Crippen LogP contribution >= 0.6 is 11.3 Å². The lowest BCUT2D eigenvalue weighted by molar-refractivity contribution is 0.660. The summed E-state index contributed by atoms with van der Waals surface area (Å²) in [4.78, 5) is 2.45. The van der Waals surface area contributed by atoms with Crippen LogP contribution in [0.1, 0.15) is 25.0 Å². The molecule has 9 aromatic rings. The highest BCUT2D eigenvalue weighted by Gasteiger charge is 2.35. The molecule has 222 valence electrons. The topological polar surface area (TPSA) is 3.24 Å². The normalized spacial score (nSPS) is 13.5. The van der Waals surface area contributed by atoms with Gasteiger partial charge in [-0.2, -0.15) is 0 Å². The molecular weight excluding hydrogens is 587 g/mol. The Labute approximate surface area is 278 Å². The number of nitrogens with zero attached hydrogens (tertiary/aromatic N) is 1. The van der Waals surface area contributed by atoms with Crippen molar-refractivity contribution in [3.8, 4) is 11.1 Å². The van der Waals surface area contributed by atoms with E-state index < -0.39 is 0 Å². The zero-order valence-corrected chi connectivity index (χ0v) is 27.1. The molecule has 0 N–H and O–H groups in total. The van der Waals surface area contributed by atoms with Gasteiger partial charge in [-0.3, -0.25) is 0 Å². The van der Waals surface area contributed by atoms with Crippen LogP contribution in [0.25, 0.3) is 63.6 Å². The van der Waals surface area contributed by atoms with E-state index in [1.165, 1.54) is 80.4 Å². The fourth-order valence-corrected chi connectivity index (χ4v) is 9.31. The molecule has 0 atom stereocenters. The Morgan fingerprint density at radius 3 is 2.00 bits per heavy atom. The summed E-state index contributed by atoms with van der Waals surface area (Å²) in [5.41, 5.74) is 8.87. The molecule has 2 heteroatoms. The summed E-state index contributed by atoms with van der Waals surface area (Å²) in [6.45, 7) is 4.72. The number of fused-ring (bicyclic) bond motifs is 11. The van der Waals surface area contributed by atoms with Crippen LogP contribution in [0.4, 0.5) is 17.1 Å². The lowest BCUT2D eigenvalue weighted by Gasteiger charge is -2.28. The van der Waals surface area contributed by atoms with Crippen LogP contribution in [-0.2, 0) is 5.41 Å². The lowest BCUT2D eigenvalue weighted by Crippen LogP contribution is -2.16. The molecule has 0 fully saturated rings. The molecule has 0 unspecified atom stereocenters. The number of hydrogen-bond donors (Lipinski definition) is 0. The molecule has 47 heavy (non-hydrogen) atoms. The smallest absolute Gasteiger partial charge is 0.0468 e. The molecule has 0 spiro atoms. The Morgan fingerprint density at radius 1 is 0.447 bits per heavy atom. The third-order valence-corrected chi connectivity index (χ3v) is 11.6. The van der Waals surface area contributed by atoms with Crippen LogP contribution in [0.15, 0.2) is 152 Å². The van der Waals surface area contributed by atoms with E-state index in [4.69, 9.17) is 0 Å². The first-order valence-corrected chi connectivity index (χ1v) is 17.2. The third kappa shape index (κ3) is 3.89. The standard InChI is InChI=1S/C45H31NS/c1-45(2)40-13-7-5-11-35(40)36-24-22-34(27-41(36)45)46(32-20-17-28-9-3-4-10-31(28)25-32)33-21-18-29-15-16-30-19-23-38-37-12-6-8-14-42(37)47-44(38)43(30)39(29)26-33/h3-27H,1-2H3. The maximum atomic E-state index is 2.45. The van der Waals surface area contributed by atoms with Crippen LogP contribution in [-0.4, -0.2) is 0 Å². The molecule has 1 aliphatic carbocycles. The van der Waals surface area contributed by atoms with Gasteiger partial charge in [-0.1, -0.05) is 123 Å². The number of thiophene rings is 1. The fraction of sp³-hybridized carbons (Fsp3) is 0.0667. The van der Waals surface area contributed by atoms with E-state index in [0.717, 1.165) is 11.4 Å². The number of hydrogen-bond acceptors (Lipinski definition) is 2. The van der Waals surface area contributed by atoms with Gasteiger partial charge in [-0.25, -0.2) is 0 Å². The van der Waals surface area contributed by atoms with Crippen molar-refractivity contribution in [2.45, 2.75) is 19.3 Å². The molecule has 0 saturated heterocycles. The van der Waals surface area contributed by atoms with E-state index in [2.05, 4.69) is 170 Å². The summed E-state index contributed by atoms with van der Waals surface area (Å²) >= 11 is 1.91. The van der Waals surface area contributed by atoms with Crippen LogP contribution in [0.2, 0.25) is 0 Å². The first kappa shape index (κ1) is 26.7. The summed E-state index contributed by atoms with van der Waals surface area (Å²) in [5, 5.41) is 10.3. The molecule has 0 amide bonds. The van der Waals surface area contributed by atoms with E-state index >= 15 is 0 Å². The zero-order valence-electron chi connectivity index (χ0n) is 26.3. The van der Waals surface area contributed by atoms with Crippen molar-refractivity contribution in [3.63, 3.8) is 0 Å². The van der Waals surface area contributed by atoms with Crippen LogP contribution in [0.3, 0.4) is 0 Å². The number of benzene rings is 8. The summed E-state index contributed by atoms with van der Waals surface area (Å²) < 4.78 is 2.70. The van der Waals surface area contributed by atoms with Gasteiger partial charge in [0.25, 0.3) is 0 Å². The largest absolute Gasteiger partial charge is 0.310 e. The van der Waals surface area contributed by atoms with Gasteiger partial charge in [0.15, 0.2) is 0 Å². The molecule has 0 radical (unpaired) electrons. The molecule has 1 aromatic heterocycles. The van der Waals surface area contributed by atoms with E-state index in [9.17, 15) is 0 Å². The Hall–Kier alpha value is -5.44. The van der Waals surface area contributed by atoms with E-state index in [1.807, 2.05) is 11.3 Å². The van der Waals surface area contributed by atoms with Crippen molar-refractivity contribution in [2.75, 3.05) is 4.90 Å². The minimum absolute atomic E-state index is 0.0800. The van der Waals surface area contributed by atoms with E-state index in [0.29, 0.717) is 0 Å². The lowest BCUT2D eigenvalue weighted by atomic mass is 9.82. The van der Waals surface area contributed by atoms with Gasteiger partial charge in [-0.15, -0.1) is 11.3 Å². The Morgan fingerprint density at radius 2 is 1.09 bits per heavy atom. The Kier molecular flexibility index (Phi) is 5.57. The van der Waals surface area contributed by atoms with Crippen molar-refractivity contribution in [2.24, 2.45) is 0 Å². The van der Waals surface area contributed by atoms with Crippen molar-refractivity contribution in [3.05, 3.63) is 163 Å². The summed E-state index contributed by atoms with van der Waals surface area (Å²) in [6.07, 6.45) is 0. The van der Waals surface area contributed by atoms with Gasteiger partial charge in [0.2, 0.25) is 0 Å². The molecule has 0 bridgehead atoms.